The van der Waals surface area contributed by atoms with Crippen LogP contribution in [0.1, 0.15) is 60.9 Å². The molecule has 0 aliphatic carbocycles. The van der Waals surface area contributed by atoms with E-state index in [4.69, 9.17) is 0 Å². The molecule has 0 spiro atoms. The number of carbonyl (C=O) groups excluding carboxylic acids is 1. The number of aromatic nitrogens is 2. The number of nitrogens with zero attached hydrogens (tertiary/aromatic N) is 2. The molecule has 0 aliphatic rings. The summed E-state index contributed by atoms with van der Waals surface area (Å²) in [5.41, 5.74) is 2.32. The number of nitrogens with one attached hydrogen (secondary N) is 2. The van der Waals surface area contributed by atoms with Crippen LogP contribution >= 0.6 is 0 Å². The van der Waals surface area contributed by atoms with E-state index in [1.165, 1.54) is 0 Å². The number of aryl methyl sites for hydroxylation is 1. The Bertz CT molecular complexity index is 658. The topological polar surface area (TPSA) is 66.9 Å². The molecule has 1 aromatic heterocycles. The lowest BCUT2D eigenvalue weighted by Crippen LogP contribution is -2.26. The first-order valence-electron chi connectivity index (χ1n) is 8.55. The second-order valence-corrected chi connectivity index (χ2v) is 5.96. The van der Waals surface area contributed by atoms with Crippen LogP contribution in [0.4, 0.5) is 5.95 Å². The van der Waals surface area contributed by atoms with E-state index in [1.807, 2.05) is 32.0 Å². The van der Waals surface area contributed by atoms with Crippen LogP contribution in [0.5, 0.6) is 0 Å². The molecular formula is C19H26N4O. The van der Waals surface area contributed by atoms with Crippen LogP contribution in [0.2, 0.25) is 0 Å². The van der Waals surface area contributed by atoms with Crippen molar-refractivity contribution in [3.8, 4) is 0 Å². The Morgan fingerprint density at radius 2 is 1.92 bits per heavy atom. The zero-order chi connectivity index (χ0) is 17.4. The summed E-state index contributed by atoms with van der Waals surface area (Å²) in [6.07, 6.45) is 3.24. The van der Waals surface area contributed by atoms with Gasteiger partial charge in [0, 0.05) is 12.2 Å². The van der Waals surface area contributed by atoms with E-state index < -0.39 is 0 Å². The largest absolute Gasteiger partial charge is 0.351 e. The van der Waals surface area contributed by atoms with Crippen LogP contribution in [0.15, 0.2) is 36.4 Å². The Morgan fingerprint density at radius 3 is 2.62 bits per heavy atom. The summed E-state index contributed by atoms with van der Waals surface area (Å²) in [6, 6.07) is 11.9. The van der Waals surface area contributed by atoms with E-state index in [0.717, 1.165) is 30.5 Å². The standard InChI is InChI=1S/C19H26N4O/c1-4-5-9-12-20-18(24)17-13-14(2)21-19(23-17)22-15(3)16-10-7-6-8-11-16/h6-8,10-11,13,15H,4-5,9,12H2,1-3H3,(H,20,24)(H,21,22,23). The predicted molar refractivity (Wildman–Crippen MR) is 97.1 cm³/mol. The molecule has 1 amide bonds. The van der Waals surface area contributed by atoms with Gasteiger partial charge in [-0.3, -0.25) is 4.79 Å². The molecule has 0 aliphatic heterocycles. The van der Waals surface area contributed by atoms with Crippen molar-refractivity contribution in [3.63, 3.8) is 0 Å². The highest BCUT2D eigenvalue weighted by Crippen LogP contribution is 2.17. The molecule has 2 rings (SSSR count). The number of anilines is 1. The van der Waals surface area contributed by atoms with Crippen LogP contribution in [-0.4, -0.2) is 22.4 Å². The molecule has 0 saturated heterocycles. The molecule has 24 heavy (non-hydrogen) atoms. The van der Waals surface area contributed by atoms with Crippen molar-refractivity contribution in [3.05, 3.63) is 53.3 Å². The SMILES string of the molecule is CCCCCNC(=O)c1cc(C)nc(NC(C)c2ccccc2)n1. The van der Waals surface area contributed by atoms with Gasteiger partial charge in [0.1, 0.15) is 5.69 Å². The van der Waals surface area contributed by atoms with E-state index in [-0.39, 0.29) is 11.9 Å². The Balaban J connectivity index is 2.04. The molecule has 0 radical (unpaired) electrons. The Morgan fingerprint density at radius 1 is 1.17 bits per heavy atom. The third-order valence-corrected chi connectivity index (χ3v) is 3.80. The van der Waals surface area contributed by atoms with Crippen LogP contribution in [0.25, 0.3) is 0 Å². The van der Waals surface area contributed by atoms with E-state index >= 15 is 0 Å². The molecule has 128 valence electrons. The number of rotatable bonds is 8. The third kappa shape index (κ3) is 5.33. The van der Waals surface area contributed by atoms with Crippen molar-refractivity contribution >= 4 is 11.9 Å². The predicted octanol–water partition coefficient (Wildman–Crippen LogP) is 3.88. The van der Waals surface area contributed by atoms with Gasteiger partial charge in [0.2, 0.25) is 5.95 Å². The lowest BCUT2D eigenvalue weighted by molar-refractivity contribution is 0.0948. The van der Waals surface area contributed by atoms with Gasteiger partial charge in [-0.2, -0.15) is 0 Å². The first-order chi connectivity index (χ1) is 11.6. The Hall–Kier alpha value is -2.43. The first kappa shape index (κ1) is 17.9. The Kier molecular flexibility index (Phi) is 6.73. The molecule has 2 aromatic rings. The molecule has 5 heteroatoms. The molecule has 0 fully saturated rings. The van der Waals surface area contributed by atoms with Gasteiger partial charge < -0.3 is 10.6 Å². The summed E-state index contributed by atoms with van der Waals surface area (Å²) in [4.78, 5) is 21.0. The molecule has 1 heterocycles. The normalized spacial score (nSPS) is 11.8. The van der Waals surface area contributed by atoms with Gasteiger partial charge in [-0.15, -0.1) is 0 Å². The summed E-state index contributed by atoms with van der Waals surface area (Å²) in [7, 11) is 0. The second kappa shape index (κ2) is 9.01. The van der Waals surface area contributed by atoms with Gasteiger partial charge in [0.25, 0.3) is 5.91 Å². The smallest absolute Gasteiger partial charge is 0.270 e. The van der Waals surface area contributed by atoms with Crippen LogP contribution in [0, 0.1) is 6.92 Å². The highest BCUT2D eigenvalue weighted by Gasteiger charge is 2.12. The van der Waals surface area contributed by atoms with Gasteiger partial charge in [0.05, 0.1) is 6.04 Å². The highest BCUT2D eigenvalue weighted by molar-refractivity contribution is 5.92. The van der Waals surface area contributed by atoms with Crippen LogP contribution < -0.4 is 10.6 Å². The number of hydrogen-bond acceptors (Lipinski definition) is 4. The maximum absolute atomic E-state index is 12.2. The van der Waals surface area contributed by atoms with Gasteiger partial charge in [0.15, 0.2) is 0 Å². The van der Waals surface area contributed by atoms with Crippen LogP contribution in [0.3, 0.4) is 0 Å². The fourth-order valence-corrected chi connectivity index (χ4v) is 2.44. The monoisotopic (exact) mass is 326 g/mol. The average Bonchev–Trinajstić information content (AvgIpc) is 2.58. The van der Waals surface area contributed by atoms with Gasteiger partial charge in [-0.25, -0.2) is 9.97 Å². The van der Waals surface area contributed by atoms with Crippen molar-refractivity contribution in [1.82, 2.24) is 15.3 Å². The molecule has 0 bridgehead atoms. The molecule has 2 N–H and O–H groups in total. The molecular weight excluding hydrogens is 300 g/mol. The van der Waals surface area contributed by atoms with E-state index in [0.29, 0.717) is 18.2 Å². The van der Waals surface area contributed by atoms with Gasteiger partial charge >= 0.3 is 0 Å². The van der Waals surface area contributed by atoms with E-state index in [2.05, 4.69) is 39.7 Å². The maximum Gasteiger partial charge on any atom is 0.270 e. The lowest BCUT2D eigenvalue weighted by atomic mass is 10.1. The van der Waals surface area contributed by atoms with Crippen LogP contribution in [-0.2, 0) is 0 Å². The average molecular weight is 326 g/mol. The zero-order valence-corrected chi connectivity index (χ0v) is 14.7. The third-order valence-electron chi connectivity index (χ3n) is 3.80. The fraction of sp³-hybridized carbons (Fsp3) is 0.421. The highest BCUT2D eigenvalue weighted by atomic mass is 16.1. The van der Waals surface area contributed by atoms with Gasteiger partial charge in [-0.1, -0.05) is 50.1 Å². The molecule has 5 nitrogen and oxygen atoms in total. The molecule has 0 saturated carbocycles. The number of unbranched alkanes of at least 4 members (excludes halogenated alkanes) is 2. The first-order valence-corrected chi connectivity index (χ1v) is 8.55. The van der Waals surface area contributed by atoms with Crippen molar-refractivity contribution in [1.29, 1.82) is 0 Å². The lowest BCUT2D eigenvalue weighted by Gasteiger charge is -2.15. The van der Waals surface area contributed by atoms with Crippen molar-refractivity contribution in [2.24, 2.45) is 0 Å². The molecule has 1 aromatic carbocycles. The van der Waals surface area contributed by atoms with E-state index in [9.17, 15) is 4.79 Å². The minimum Gasteiger partial charge on any atom is -0.351 e. The zero-order valence-electron chi connectivity index (χ0n) is 14.7. The summed E-state index contributed by atoms with van der Waals surface area (Å²) in [5.74, 6) is 0.331. The number of carbonyl (C=O) groups is 1. The minimum absolute atomic E-state index is 0.0634. The number of hydrogen-bond donors (Lipinski definition) is 2. The summed E-state index contributed by atoms with van der Waals surface area (Å²) >= 11 is 0. The van der Waals surface area contributed by atoms with Crippen molar-refractivity contribution < 1.29 is 4.79 Å². The van der Waals surface area contributed by atoms with E-state index in [1.54, 1.807) is 6.07 Å². The van der Waals surface area contributed by atoms with Gasteiger partial charge in [-0.05, 0) is 31.9 Å². The minimum atomic E-state index is -0.146. The molecule has 1 unspecified atom stereocenters. The maximum atomic E-state index is 12.2. The number of amides is 1. The fourth-order valence-electron chi connectivity index (χ4n) is 2.44. The van der Waals surface area contributed by atoms with Crippen molar-refractivity contribution in [2.45, 2.75) is 46.1 Å². The quantitative estimate of drug-likeness (QED) is 0.723. The molecule has 1 atom stereocenters. The van der Waals surface area contributed by atoms with Crippen molar-refractivity contribution in [2.75, 3.05) is 11.9 Å². The summed E-state index contributed by atoms with van der Waals surface area (Å²) < 4.78 is 0. The second-order valence-electron chi connectivity index (χ2n) is 5.96. The number of benzene rings is 1. The summed E-state index contributed by atoms with van der Waals surface area (Å²) in [5, 5.41) is 6.18. The summed E-state index contributed by atoms with van der Waals surface area (Å²) in [6.45, 7) is 6.74. The Labute approximate surface area is 143 Å².